The number of fused-ring (bicyclic) bond motifs is 1. The van der Waals surface area contributed by atoms with Gasteiger partial charge in [-0.25, -0.2) is 4.98 Å². The molecule has 112 valence electrons. The molecule has 0 fully saturated rings. The molecule has 0 bridgehead atoms. The van der Waals surface area contributed by atoms with Gasteiger partial charge in [0.05, 0.1) is 16.5 Å². The first-order valence-electron chi connectivity index (χ1n) is 6.68. The molecule has 22 heavy (non-hydrogen) atoms. The number of hydrogen-bond acceptors (Lipinski definition) is 6. The summed E-state index contributed by atoms with van der Waals surface area (Å²) in [6, 6.07) is 11.3. The van der Waals surface area contributed by atoms with Crippen molar-refractivity contribution in [1.29, 1.82) is 0 Å². The van der Waals surface area contributed by atoms with Crippen molar-refractivity contribution in [3.63, 3.8) is 0 Å². The molecule has 1 aromatic heterocycles. The highest BCUT2D eigenvalue weighted by molar-refractivity contribution is 7.17. The van der Waals surface area contributed by atoms with E-state index in [0.29, 0.717) is 17.4 Å². The Kier molecular flexibility index (Phi) is 3.68. The first-order valence-corrected chi connectivity index (χ1v) is 7.50. The van der Waals surface area contributed by atoms with Crippen molar-refractivity contribution < 1.29 is 15.0 Å². The van der Waals surface area contributed by atoms with Gasteiger partial charge >= 0.3 is 0 Å². The number of phenolic OH excluding ortho intramolecular Hbond substituents is 1. The van der Waals surface area contributed by atoms with Gasteiger partial charge in [0.15, 0.2) is 5.13 Å². The van der Waals surface area contributed by atoms with Crippen molar-refractivity contribution in [3.8, 4) is 5.75 Å². The largest absolute Gasteiger partial charge is 0.544 e. The highest BCUT2D eigenvalue weighted by atomic mass is 32.1. The summed E-state index contributed by atoms with van der Waals surface area (Å²) in [6.07, 6.45) is 0. The Morgan fingerprint density at radius 1 is 1.32 bits per heavy atom. The van der Waals surface area contributed by atoms with Crippen LogP contribution in [0.4, 0.5) is 5.13 Å². The molecule has 6 heteroatoms. The Labute approximate surface area is 130 Å². The molecule has 2 N–H and O–H groups in total. The number of carbonyl (C=O) groups excluding carboxylic acids is 1. The number of benzene rings is 2. The van der Waals surface area contributed by atoms with Gasteiger partial charge in [-0.3, -0.25) is 0 Å². The number of aromatic carboxylic acids is 1. The molecule has 0 aliphatic rings. The molecule has 5 nitrogen and oxygen atoms in total. The lowest BCUT2D eigenvalue weighted by Gasteiger charge is -2.09. The molecule has 0 saturated heterocycles. The third kappa shape index (κ3) is 2.60. The number of nitrogens with zero attached hydrogens (tertiary/aromatic N) is 1. The Hall–Kier alpha value is -2.60. The number of aromatic nitrogens is 1. The maximum atomic E-state index is 10.9. The van der Waals surface area contributed by atoms with Crippen LogP contribution in [0.15, 0.2) is 36.4 Å². The number of anilines is 1. The van der Waals surface area contributed by atoms with E-state index in [1.165, 1.54) is 0 Å². The second-order valence-corrected chi connectivity index (χ2v) is 5.86. The van der Waals surface area contributed by atoms with Crippen LogP contribution in [0, 0.1) is 6.92 Å². The smallest absolute Gasteiger partial charge is 0.183 e. The van der Waals surface area contributed by atoms with E-state index in [0.717, 1.165) is 27.7 Å². The van der Waals surface area contributed by atoms with E-state index < -0.39 is 5.97 Å². The summed E-state index contributed by atoms with van der Waals surface area (Å²) in [5.41, 5.74) is 1.18. The minimum absolute atomic E-state index is 0.115. The quantitative estimate of drug-likeness (QED) is 0.772. The fourth-order valence-corrected chi connectivity index (χ4v) is 3.13. The fraction of sp³-hybridized carbons (Fsp3) is 0.125. The van der Waals surface area contributed by atoms with Crippen molar-refractivity contribution in [2.24, 2.45) is 0 Å². The molecule has 1 heterocycles. The van der Waals surface area contributed by atoms with Gasteiger partial charge in [-0.1, -0.05) is 41.7 Å². The van der Waals surface area contributed by atoms with Crippen LogP contribution in [-0.2, 0) is 6.54 Å². The topological polar surface area (TPSA) is 85.3 Å². The van der Waals surface area contributed by atoms with E-state index in [1.54, 1.807) is 13.0 Å². The monoisotopic (exact) mass is 313 g/mol. The molecule has 0 aliphatic heterocycles. The average molecular weight is 313 g/mol. The Bertz CT molecular complexity index is 858. The van der Waals surface area contributed by atoms with Gasteiger partial charge in [-0.05, 0) is 23.8 Å². The average Bonchev–Trinajstić information content (AvgIpc) is 2.87. The lowest BCUT2D eigenvalue weighted by atomic mass is 10.0. The van der Waals surface area contributed by atoms with Gasteiger partial charge in [-0.15, -0.1) is 0 Å². The third-order valence-electron chi connectivity index (χ3n) is 3.41. The normalized spacial score (nSPS) is 10.8. The summed E-state index contributed by atoms with van der Waals surface area (Å²) >= 11 is 1.03. The summed E-state index contributed by atoms with van der Waals surface area (Å²) in [5, 5.41) is 26.5. The molecule has 0 spiro atoms. The molecule has 2 aromatic carbocycles. The van der Waals surface area contributed by atoms with Crippen LogP contribution in [0.5, 0.6) is 5.75 Å². The number of carbonyl (C=O) groups is 1. The van der Waals surface area contributed by atoms with Gasteiger partial charge in [0, 0.05) is 12.1 Å². The SMILES string of the molecule is Cc1nc(NCc2c(O)ccc3ccccc23)sc1C(=O)[O-]. The molecular weight excluding hydrogens is 300 g/mol. The molecule has 0 aliphatic carbocycles. The Balaban J connectivity index is 1.89. The number of thiazole rings is 1. The molecule has 0 amide bonds. The van der Waals surface area contributed by atoms with Gasteiger partial charge in [0.1, 0.15) is 5.75 Å². The van der Waals surface area contributed by atoms with Gasteiger partial charge in [-0.2, -0.15) is 0 Å². The van der Waals surface area contributed by atoms with E-state index in [4.69, 9.17) is 0 Å². The van der Waals surface area contributed by atoms with Crippen LogP contribution in [0.1, 0.15) is 20.9 Å². The van der Waals surface area contributed by atoms with Crippen molar-refractivity contribution in [2.45, 2.75) is 13.5 Å². The number of aromatic hydroxyl groups is 1. The number of rotatable bonds is 4. The summed E-state index contributed by atoms with van der Waals surface area (Å²) in [4.78, 5) is 15.2. The first-order chi connectivity index (χ1) is 10.6. The zero-order valence-corrected chi connectivity index (χ0v) is 12.6. The van der Waals surface area contributed by atoms with Gasteiger partial charge < -0.3 is 20.3 Å². The van der Waals surface area contributed by atoms with Crippen LogP contribution in [-0.4, -0.2) is 16.1 Å². The second kappa shape index (κ2) is 5.65. The molecule has 0 radical (unpaired) electrons. The Morgan fingerprint density at radius 3 is 2.82 bits per heavy atom. The predicted molar refractivity (Wildman–Crippen MR) is 84.1 cm³/mol. The highest BCUT2D eigenvalue weighted by Gasteiger charge is 2.10. The predicted octanol–water partition coefficient (Wildman–Crippen LogP) is 2.29. The fourth-order valence-electron chi connectivity index (χ4n) is 2.34. The van der Waals surface area contributed by atoms with E-state index in [9.17, 15) is 15.0 Å². The van der Waals surface area contributed by atoms with Crippen molar-refractivity contribution in [3.05, 3.63) is 52.5 Å². The van der Waals surface area contributed by atoms with Crippen molar-refractivity contribution in [2.75, 3.05) is 5.32 Å². The molecule has 0 saturated carbocycles. The minimum atomic E-state index is -1.23. The van der Waals surface area contributed by atoms with Crippen LogP contribution in [0.2, 0.25) is 0 Å². The standard InChI is InChI=1S/C16H14N2O3S/c1-9-14(15(20)21)22-16(18-9)17-8-12-11-5-3-2-4-10(11)6-7-13(12)19/h2-7,19H,8H2,1H3,(H,17,18)(H,20,21)/p-1. The molecule has 3 aromatic rings. The van der Waals surface area contributed by atoms with E-state index >= 15 is 0 Å². The number of hydrogen-bond donors (Lipinski definition) is 2. The Morgan fingerprint density at radius 2 is 2.09 bits per heavy atom. The summed E-state index contributed by atoms with van der Waals surface area (Å²) in [5.74, 6) is -1.03. The van der Waals surface area contributed by atoms with E-state index in [2.05, 4.69) is 10.3 Å². The summed E-state index contributed by atoms with van der Waals surface area (Å²) < 4.78 is 0. The van der Waals surface area contributed by atoms with E-state index in [-0.39, 0.29) is 10.6 Å². The highest BCUT2D eigenvalue weighted by Crippen LogP contribution is 2.29. The summed E-state index contributed by atoms with van der Waals surface area (Å²) in [6.45, 7) is 1.98. The van der Waals surface area contributed by atoms with Gasteiger partial charge in [0.25, 0.3) is 0 Å². The lowest BCUT2D eigenvalue weighted by Crippen LogP contribution is -2.21. The van der Waals surface area contributed by atoms with Crippen LogP contribution in [0.25, 0.3) is 10.8 Å². The number of phenols is 1. The molecule has 0 unspecified atom stereocenters. The zero-order valence-electron chi connectivity index (χ0n) is 11.8. The number of aryl methyl sites for hydroxylation is 1. The minimum Gasteiger partial charge on any atom is -0.544 e. The van der Waals surface area contributed by atoms with Crippen LogP contribution in [0.3, 0.4) is 0 Å². The van der Waals surface area contributed by atoms with Gasteiger partial charge in [0.2, 0.25) is 0 Å². The molecule has 3 rings (SSSR count). The number of nitrogens with one attached hydrogen (secondary N) is 1. The van der Waals surface area contributed by atoms with Crippen LogP contribution < -0.4 is 10.4 Å². The zero-order chi connectivity index (χ0) is 15.7. The molecular formula is C16H13N2O3S-. The van der Waals surface area contributed by atoms with Crippen molar-refractivity contribution in [1.82, 2.24) is 4.98 Å². The summed E-state index contributed by atoms with van der Waals surface area (Å²) in [7, 11) is 0. The van der Waals surface area contributed by atoms with E-state index in [1.807, 2.05) is 30.3 Å². The van der Waals surface area contributed by atoms with Crippen molar-refractivity contribution >= 4 is 33.2 Å². The first kappa shape index (κ1) is 14.3. The molecule has 0 atom stereocenters. The second-order valence-electron chi connectivity index (χ2n) is 4.86. The lowest BCUT2D eigenvalue weighted by molar-refractivity contribution is -0.254. The van der Waals surface area contributed by atoms with Crippen LogP contribution >= 0.6 is 11.3 Å². The maximum absolute atomic E-state index is 10.9. The maximum Gasteiger partial charge on any atom is 0.183 e. The number of carboxylic acids is 1. The third-order valence-corrected chi connectivity index (χ3v) is 4.51. The number of carboxylic acid groups (broad SMARTS) is 1.